The molecule has 1 aliphatic heterocycles. The Labute approximate surface area is 163 Å². The molecule has 0 unspecified atom stereocenters. The van der Waals surface area contributed by atoms with Crippen LogP contribution in [0.5, 0.6) is 0 Å². The minimum atomic E-state index is -3.55. The second kappa shape index (κ2) is 8.85. The minimum Gasteiger partial charge on any atom is -0.342 e. The molecule has 1 saturated heterocycles. The van der Waals surface area contributed by atoms with Crippen molar-refractivity contribution < 1.29 is 13.2 Å². The van der Waals surface area contributed by atoms with E-state index in [4.69, 9.17) is 5.73 Å². The molecule has 3 rings (SSSR count). The Hall–Kier alpha value is -1.61. The van der Waals surface area contributed by atoms with Gasteiger partial charge in [0.1, 0.15) is 4.21 Å². The summed E-state index contributed by atoms with van der Waals surface area (Å²) < 4.78 is 27.2. The van der Waals surface area contributed by atoms with E-state index in [9.17, 15) is 13.2 Å². The van der Waals surface area contributed by atoms with Crippen molar-refractivity contribution in [2.75, 3.05) is 17.8 Å². The number of hydrogen-bond acceptors (Lipinski definition) is 5. The summed E-state index contributed by atoms with van der Waals surface area (Å²) in [5, 5.41) is 1.72. The zero-order valence-corrected chi connectivity index (χ0v) is 16.6. The maximum atomic E-state index is 12.3. The molecule has 9 heteroatoms. The van der Waals surface area contributed by atoms with Gasteiger partial charge >= 0.3 is 0 Å². The highest BCUT2D eigenvalue weighted by molar-refractivity contribution is 7.94. The maximum absolute atomic E-state index is 12.3. The van der Waals surface area contributed by atoms with Crippen molar-refractivity contribution >= 4 is 45.4 Å². The molecule has 26 heavy (non-hydrogen) atoms. The van der Waals surface area contributed by atoms with Gasteiger partial charge in [0.2, 0.25) is 5.91 Å². The van der Waals surface area contributed by atoms with E-state index >= 15 is 0 Å². The molecule has 6 nitrogen and oxygen atoms in total. The summed E-state index contributed by atoms with van der Waals surface area (Å²) in [6.07, 6.45) is 2.00. The number of thiophene rings is 1. The molecule has 1 amide bonds. The number of sulfonamides is 1. The SMILES string of the molecule is Cl.NC1CCN(C(=O)Cc2ccc(NS(=O)(=O)c3cccs3)cc2)CC1. The van der Waals surface area contributed by atoms with Crippen molar-refractivity contribution in [1.29, 1.82) is 0 Å². The molecule has 0 saturated carbocycles. The van der Waals surface area contributed by atoms with Gasteiger partial charge in [-0.25, -0.2) is 8.42 Å². The number of hydrogen-bond donors (Lipinski definition) is 2. The van der Waals surface area contributed by atoms with Crippen LogP contribution in [-0.4, -0.2) is 38.4 Å². The van der Waals surface area contributed by atoms with Crippen molar-refractivity contribution in [2.24, 2.45) is 5.73 Å². The number of nitrogens with two attached hydrogens (primary N) is 1. The lowest BCUT2D eigenvalue weighted by Crippen LogP contribution is -2.43. The number of halogens is 1. The van der Waals surface area contributed by atoms with Crippen LogP contribution in [0.15, 0.2) is 46.0 Å². The molecule has 0 aliphatic carbocycles. The van der Waals surface area contributed by atoms with E-state index in [1.54, 1.807) is 41.8 Å². The van der Waals surface area contributed by atoms with E-state index in [0.29, 0.717) is 25.2 Å². The van der Waals surface area contributed by atoms with E-state index in [2.05, 4.69) is 4.72 Å². The Bertz CT molecular complexity index is 815. The summed E-state index contributed by atoms with van der Waals surface area (Å²) in [5.74, 6) is 0.0822. The number of piperidine rings is 1. The third kappa shape index (κ3) is 5.20. The van der Waals surface area contributed by atoms with Gasteiger partial charge < -0.3 is 10.6 Å². The first-order chi connectivity index (χ1) is 11.9. The molecule has 0 bridgehead atoms. The Kier molecular flexibility index (Phi) is 7.05. The van der Waals surface area contributed by atoms with Crippen LogP contribution < -0.4 is 10.5 Å². The van der Waals surface area contributed by atoms with Gasteiger partial charge in [-0.3, -0.25) is 9.52 Å². The Balaban J connectivity index is 0.00000243. The number of benzene rings is 1. The number of carbonyl (C=O) groups is 1. The number of carbonyl (C=O) groups excluding carboxylic acids is 1. The summed E-state index contributed by atoms with van der Waals surface area (Å²) in [5.41, 5.74) is 7.20. The van der Waals surface area contributed by atoms with Gasteiger partial charge in [0.15, 0.2) is 0 Å². The quantitative estimate of drug-likeness (QED) is 0.784. The highest BCUT2D eigenvalue weighted by Gasteiger charge is 2.20. The zero-order valence-electron chi connectivity index (χ0n) is 14.1. The highest BCUT2D eigenvalue weighted by Crippen LogP contribution is 2.21. The Morgan fingerprint density at radius 3 is 2.42 bits per heavy atom. The van der Waals surface area contributed by atoms with E-state index in [-0.39, 0.29) is 28.6 Å². The summed E-state index contributed by atoms with van der Waals surface area (Å²) in [6, 6.07) is 10.4. The van der Waals surface area contributed by atoms with Crippen LogP contribution >= 0.6 is 23.7 Å². The average molecular weight is 416 g/mol. The van der Waals surface area contributed by atoms with E-state index in [1.807, 2.05) is 4.90 Å². The fraction of sp³-hybridized carbons (Fsp3) is 0.353. The maximum Gasteiger partial charge on any atom is 0.271 e. The fourth-order valence-corrected chi connectivity index (χ4v) is 4.80. The Morgan fingerprint density at radius 2 is 1.85 bits per heavy atom. The van der Waals surface area contributed by atoms with Crippen molar-refractivity contribution in [2.45, 2.75) is 29.5 Å². The van der Waals surface area contributed by atoms with E-state index in [0.717, 1.165) is 18.4 Å². The van der Waals surface area contributed by atoms with Crippen LogP contribution in [-0.2, 0) is 21.2 Å². The predicted molar refractivity (Wildman–Crippen MR) is 106 cm³/mol. The standard InChI is InChI=1S/C17H21N3O3S2.ClH/c18-14-7-9-20(10-8-14)16(21)12-13-3-5-15(6-4-13)19-25(22,23)17-2-1-11-24-17;/h1-6,11,14,19H,7-10,12,18H2;1H. The molecule has 1 aromatic carbocycles. The van der Waals surface area contributed by atoms with E-state index in [1.165, 1.54) is 11.3 Å². The predicted octanol–water partition coefficient (Wildman–Crippen LogP) is 2.46. The molecular weight excluding hydrogens is 394 g/mol. The van der Waals surface area contributed by atoms with Gasteiger partial charge in [-0.1, -0.05) is 18.2 Å². The zero-order chi connectivity index (χ0) is 17.9. The van der Waals surface area contributed by atoms with Gasteiger partial charge in [0.25, 0.3) is 10.0 Å². The third-order valence-electron chi connectivity index (χ3n) is 4.21. The smallest absolute Gasteiger partial charge is 0.271 e. The lowest BCUT2D eigenvalue weighted by molar-refractivity contribution is -0.131. The summed E-state index contributed by atoms with van der Waals surface area (Å²) in [7, 11) is -3.55. The van der Waals surface area contributed by atoms with E-state index < -0.39 is 10.0 Å². The van der Waals surface area contributed by atoms with Crippen molar-refractivity contribution in [3.8, 4) is 0 Å². The number of amides is 1. The summed E-state index contributed by atoms with van der Waals surface area (Å²) >= 11 is 1.17. The summed E-state index contributed by atoms with van der Waals surface area (Å²) in [4.78, 5) is 14.2. The number of nitrogens with one attached hydrogen (secondary N) is 1. The molecule has 0 radical (unpaired) electrons. The largest absolute Gasteiger partial charge is 0.342 e. The van der Waals surface area contributed by atoms with Gasteiger partial charge in [-0.05, 0) is 42.0 Å². The van der Waals surface area contributed by atoms with Crippen molar-refractivity contribution in [1.82, 2.24) is 4.90 Å². The number of rotatable bonds is 5. The molecule has 1 fully saturated rings. The highest BCUT2D eigenvalue weighted by atomic mass is 35.5. The van der Waals surface area contributed by atoms with Crippen molar-refractivity contribution in [3.05, 3.63) is 47.3 Å². The molecule has 0 spiro atoms. The van der Waals surface area contributed by atoms with Gasteiger partial charge in [0, 0.05) is 24.8 Å². The summed E-state index contributed by atoms with van der Waals surface area (Å²) in [6.45, 7) is 1.41. The van der Waals surface area contributed by atoms with Crippen molar-refractivity contribution in [3.63, 3.8) is 0 Å². The molecule has 2 heterocycles. The van der Waals surface area contributed by atoms with Crippen LogP contribution in [0.1, 0.15) is 18.4 Å². The van der Waals surface area contributed by atoms with Crippen LogP contribution in [0.25, 0.3) is 0 Å². The first-order valence-electron chi connectivity index (χ1n) is 8.13. The molecule has 3 N–H and O–H groups in total. The van der Waals surface area contributed by atoms with Crippen LogP contribution in [0.4, 0.5) is 5.69 Å². The molecule has 0 atom stereocenters. The second-order valence-electron chi connectivity index (χ2n) is 6.13. The minimum absolute atomic E-state index is 0. The third-order valence-corrected chi connectivity index (χ3v) is 6.99. The molecule has 1 aromatic heterocycles. The normalized spacial score (nSPS) is 15.3. The molecule has 2 aromatic rings. The molecule has 1 aliphatic rings. The monoisotopic (exact) mass is 415 g/mol. The van der Waals surface area contributed by atoms with Gasteiger partial charge in [-0.15, -0.1) is 23.7 Å². The topological polar surface area (TPSA) is 92.5 Å². The van der Waals surface area contributed by atoms with Crippen LogP contribution in [0.2, 0.25) is 0 Å². The second-order valence-corrected chi connectivity index (χ2v) is 8.99. The fourth-order valence-electron chi connectivity index (χ4n) is 2.75. The van der Waals surface area contributed by atoms with Gasteiger partial charge in [0.05, 0.1) is 6.42 Å². The first-order valence-corrected chi connectivity index (χ1v) is 10.5. The number of likely N-dealkylation sites (tertiary alicyclic amines) is 1. The van der Waals surface area contributed by atoms with Crippen LogP contribution in [0, 0.1) is 0 Å². The number of nitrogens with zero attached hydrogens (tertiary/aromatic N) is 1. The lowest BCUT2D eigenvalue weighted by atomic mass is 10.0. The average Bonchev–Trinajstić information content (AvgIpc) is 3.12. The Morgan fingerprint density at radius 1 is 1.19 bits per heavy atom. The molecular formula is C17H22ClN3O3S2. The lowest BCUT2D eigenvalue weighted by Gasteiger charge is -2.30. The number of anilines is 1. The van der Waals surface area contributed by atoms with Crippen LogP contribution in [0.3, 0.4) is 0 Å². The van der Waals surface area contributed by atoms with Gasteiger partial charge in [-0.2, -0.15) is 0 Å². The first kappa shape index (κ1) is 20.7. The molecule has 142 valence electrons.